The summed E-state index contributed by atoms with van der Waals surface area (Å²) in [6.07, 6.45) is 31.6. The fraction of sp³-hybridized carbons (Fsp3) is 0.944. The van der Waals surface area contributed by atoms with E-state index in [0.29, 0.717) is 74.2 Å². The van der Waals surface area contributed by atoms with Gasteiger partial charge in [-0.2, -0.15) is 0 Å². The second kappa shape index (κ2) is 29.1. The summed E-state index contributed by atoms with van der Waals surface area (Å²) in [4.78, 5) is 40.3. The molecule has 0 aromatic heterocycles. The first-order chi connectivity index (χ1) is 30.5. The van der Waals surface area contributed by atoms with Crippen molar-refractivity contribution in [2.24, 2.45) is 46.3 Å². The quantitative estimate of drug-likeness (QED) is 0.0439. The minimum Gasteiger partial charge on any atom is -0.466 e. The number of esters is 2. The van der Waals surface area contributed by atoms with Crippen LogP contribution in [0.5, 0.6) is 0 Å². The molecule has 4 saturated carbocycles. The van der Waals surface area contributed by atoms with Gasteiger partial charge in [-0.3, -0.25) is 14.4 Å². The van der Waals surface area contributed by atoms with Crippen molar-refractivity contribution in [1.82, 2.24) is 10.2 Å². The van der Waals surface area contributed by atoms with Crippen LogP contribution in [0.25, 0.3) is 0 Å². The molecule has 3 N–H and O–H groups in total. The Morgan fingerprint density at radius 3 is 1.98 bits per heavy atom. The lowest BCUT2D eigenvalue weighted by Crippen LogP contribution is -2.58. The first-order valence-corrected chi connectivity index (χ1v) is 27.1. The van der Waals surface area contributed by atoms with Gasteiger partial charge in [0.25, 0.3) is 0 Å². The van der Waals surface area contributed by atoms with Crippen LogP contribution in [0.1, 0.15) is 227 Å². The second-order valence-electron chi connectivity index (χ2n) is 21.7. The maximum atomic E-state index is 13.1. The molecule has 0 aromatic carbocycles. The van der Waals surface area contributed by atoms with E-state index in [-0.39, 0.29) is 47.5 Å². The Hall–Kier alpha value is -1.71. The number of carbonyl (C=O) groups excluding carboxylic acids is 3. The monoisotopic (exact) mass is 887 g/mol. The normalized spacial score (nSPS) is 29.4. The summed E-state index contributed by atoms with van der Waals surface area (Å²) in [5.74, 6) is 2.83. The molecule has 4 rings (SSSR count). The number of carbonyl (C=O) groups is 3. The van der Waals surface area contributed by atoms with Crippen molar-refractivity contribution in [3.05, 3.63) is 0 Å². The summed E-state index contributed by atoms with van der Waals surface area (Å²) in [6.45, 7) is 15.4. The molecule has 0 unspecified atom stereocenters. The average molecular weight is 887 g/mol. The predicted octanol–water partition coefficient (Wildman–Crippen LogP) is 11.7. The molecule has 4 fully saturated rings. The molecular weight excluding hydrogens is 789 g/mol. The molecule has 0 saturated heterocycles. The molecule has 0 bridgehead atoms. The van der Waals surface area contributed by atoms with E-state index >= 15 is 0 Å². The van der Waals surface area contributed by atoms with E-state index in [4.69, 9.17) is 9.47 Å². The highest BCUT2D eigenvalue weighted by Crippen LogP contribution is 2.68. The molecule has 4 aliphatic carbocycles. The van der Waals surface area contributed by atoms with Crippen molar-refractivity contribution in [2.75, 3.05) is 39.4 Å². The number of nitrogens with one attached hydrogen (secondary N) is 1. The maximum absolute atomic E-state index is 13.1. The predicted molar refractivity (Wildman–Crippen MR) is 256 cm³/mol. The number of nitrogens with zero attached hydrogens (tertiary/aromatic N) is 1. The summed E-state index contributed by atoms with van der Waals surface area (Å²) in [5, 5.41) is 24.6. The van der Waals surface area contributed by atoms with Crippen molar-refractivity contribution in [2.45, 2.75) is 239 Å². The lowest BCUT2D eigenvalue weighted by atomic mass is 9.43. The Morgan fingerprint density at radius 1 is 0.683 bits per heavy atom. The Morgan fingerprint density at radius 2 is 1.29 bits per heavy atom. The standard InChI is InChI=1S/C54H98N2O7/c1-6-8-10-11-12-13-14-15-16-17-18-20-34-55-49(59)29-26-42(3)45-27-28-46-52-47(31-33-54(45,46)5)53(4)32-30-44(40-43(53)41-48(52)58)63-51(61)25-21-35-56(36-22-38-57)37-23-39-62-50(60)24-19-9-7-2/h42-48,52,57-58H,6-41H2,1-5H3,(H,55,59)/t42-,43+,44-,45-,46+,47+,48+,52+,53+,54-/m1/s1. The van der Waals surface area contributed by atoms with E-state index in [1.165, 1.54) is 96.3 Å². The number of fused-ring (bicyclic) bond motifs is 5. The molecule has 0 aromatic rings. The molecule has 0 radical (unpaired) electrons. The Balaban J connectivity index is 1.13. The van der Waals surface area contributed by atoms with Gasteiger partial charge in [0.2, 0.25) is 5.91 Å². The zero-order chi connectivity index (χ0) is 45.5. The highest BCUT2D eigenvalue weighted by Gasteiger charge is 2.63. The Labute approximate surface area is 386 Å². The fourth-order valence-corrected chi connectivity index (χ4v) is 13.5. The summed E-state index contributed by atoms with van der Waals surface area (Å²) < 4.78 is 11.6. The van der Waals surface area contributed by atoms with Crippen LogP contribution < -0.4 is 5.32 Å². The SMILES string of the molecule is CCCCCCCCCCCCCCNC(=O)CC[C@@H](C)[C@H]1CC[C@H]2[C@@H]3[C@@H](O)C[C@@H]4C[C@H](OC(=O)CCCN(CCCO)CCCOC(=O)CCCCC)CC[C@]4(C)[C@H]3CC[C@]12C. The van der Waals surface area contributed by atoms with Gasteiger partial charge < -0.3 is 29.9 Å². The minimum atomic E-state index is -0.304. The highest BCUT2D eigenvalue weighted by molar-refractivity contribution is 5.75. The van der Waals surface area contributed by atoms with Gasteiger partial charge in [-0.1, -0.05) is 118 Å². The van der Waals surface area contributed by atoms with Gasteiger partial charge in [-0.05, 0) is 143 Å². The van der Waals surface area contributed by atoms with Gasteiger partial charge in [-0.15, -0.1) is 0 Å². The second-order valence-corrected chi connectivity index (χ2v) is 21.7. The molecule has 1 amide bonds. The molecule has 0 heterocycles. The number of rotatable bonds is 33. The van der Waals surface area contributed by atoms with Crippen LogP contribution in [0, 0.1) is 46.3 Å². The topological polar surface area (TPSA) is 125 Å². The molecule has 4 aliphatic rings. The van der Waals surface area contributed by atoms with Crippen molar-refractivity contribution in [1.29, 1.82) is 0 Å². The molecule has 0 spiro atoms. The van der Waals surface area contributed by atoms with Crippen molar-refractivity contribution < 1.29 is 34.1 Å². The van der Waals surface area contributed by atoms with E-state index < -0.39 is 0 Å². The third-order valence-electron chi connectivity index (χ3n) is 17.2. The third kappa shape index (κ3) is 17.2. The van der Waals surface area contributed by atoms with E-state index in [1.807, 2.05) is 0 Å². The van der Waals surface area contributed by atoms with Crippen LogP contribution in [0.15, 0.2) is 0 Å². The number of amides is 1. The Kier molecular flexibility index (Phi) is 24.9. The highest BCUT2D eigenvalue weighted by atomic mass is 16.5. The smallest absolute Gasteiger partial charge is 0.306 e. The first-order valence-electron chi connectivity index (χ1n) is 27.1. The number of aliphatic hydroxyl groups is 2. The lowest BCUT2D eigenvalue weighted by molar-refractivity contribution is -0.183. The van der Waals surface area contributed by atoms with Crippen LogP contribution in [-0.4, -0.2) is 84.6 Å². The molecule has 9 heteroatoms. The minimum absolute atomic E-state index is 0.0795. The summed E-state index contributed by atoms with van der Waals surface area (Å²) in [5.41, 5.74) is 0.387. The molecule has 10 atom stereocenters. The molecule has 9 nitrogen and oxygen atoms in total. The van der Waals surface area contributed by atoms with Gasteiger partial charge in [-0.25, -0.2) is 0 Å². The summed E-state index contributed by atoms with van der Waals surface area (Å²) >= 11 is 0. The van der Waals surface area contributed by atoms with Gasteiger partial charge in [0.1, 0.15) is 6.10 Å². The number of aliphatic hydroxyl groups excluding tert-OH is 2. The largest absolute Gasteiger partial charge is 0.466 e. The molecule has 366 valence electrons. The van der Waals surface area contributed by atoms with Gasteiger partial charge in [0.05, 0.1) is 12.7 Å². The van der Waals surface area contributed by atoms with Crippen LogP contribution >= 0.6 is 0 Å². The molecule has 0 aliphatic heterocycles. The lowest BCUT2D eigenvalue weighted by Gasteiger charge is -2.62. The number of hydrogen-bond acceptors (Lipinski definition) is 8. The van der Waals surface area contributed by atoms with Gasteiger partial charge in [0, 0.05) is 45.5 Å². The van der Waals surface area contributed by atoms with Crippen molar-refractivity contribution in [3.63, 3.8) is 0 Å². The van der Waals surface area contributed by atoms with Crippen LogP contribution in [-0.2, 0) is 23.9 Å². The number of unbranched alkanes of at least 4 members (excludes halogenated alkanes) is 13. The fourth-order valence-electron chi connectivity index (χ4n) is 13.5. The van der Waals surface area contributed by atoms with E-state index in [1.54, 1.807) is 0 Å². The van der Waals surface area contributed by atoms with Crippen LogP contribution in [0.4, 0.5) is 0 Å². The van der Waals surface area contributed by atoms with Gasteiger partial charge in [0.15, 0.2) is 0 Å². The Bertz CT molecular complexity index is 1300. The maximum Gasteiger partial charge on any atom is 0.306 e. The summed E-state index contributed by atoms with van der Waals surface area (Å²) in [6, 6.07) is 0. The molecular formula is C54H98N2O7. The van der Waals surface area contributed by atoms with Crippen molar-refractivity contribution >= 4 is 17.8 Å². The average Bonchev–Trinajstić information content (AvgIpc) is 3.62. The van der Waals surface area contributed by atoms with E-state index in [0.717, 1.165) is 90.4 Å². The first kappa shape index (κ1) is 53.9. The third-order valence-corrected chi connectivity index (χ3v) is 17.2. The van der Waals surface area contributed by atoms with E-state index in [9.17, 15) is 24.6 Å². The van der Waals surface area contributed by atoms with Crippen LogP contribution in [0.2, 0.25) is 0 Å². The zero-order valence-corrected chi connectivity index (χ0v) is 41.5. The molecule has 63 heavy (non-hydrogen) atoms. The van der Waals surface area contributed by atoms with Gasteiger partial charge >= 0.3 is 11.9 Å². The summed E-state index contributed by atoms with van der Waals surface area (Å²) in [7, 11) is 0. The zero-order valence-electron chi connectivity index (χ0n) is 41.5. The van der Waals surface area contributed by atoms with Crippen molar-refractivity contribution in [3.8, 4) is 0 Å². The van der Waals surface area contributed by atoms with E-state index in [2.05, 4.69) is 44.8 Å². The van der Waals surface area contributed by atoms with Crippen LogP contribution in [0.3, 0.4) is 0 Å². The number of hydrogen-bond donors (Lipinski definition) is 3. The number of ether oxygens (including phenoxy) is 2.